The molecule has 7 heteroatoms. The zero-order chi connectivity index (χ0) is 14.1. The number of nitrogens with one attached hydrogen (secondary N) is 1. The molecule has 0 unspecified atom stereocenters. The van der Waals surface area contributed by atoms with Gasteiger partial charge >= 0.3 is 5.97 Å². The van der Waals surface area contributed by atoms with E-state index in [1.165, 1.54) is 34.6 Å². The van der Waals surface area contributed by atoms with Crippen molar-refractivity contribution in [3.63, 3.8) is 0 Å². The molecule has 1 amide bonds. The van der Waals surface area contributed by atoms with Gasteiger partial charge in [0.15, 0.2) is 9.84 Å². The Morgan fingerprint density at radius 3 is 1.82 bits per heavy atom. The fourth-order valence-electron chi connectivity index (χ4n) is 0.827. The van der Waals surface area contributed by atoms with Crippen LogP contribution in [0.4, 0.5) is 0 Å². The van der Waals surface area contributed by atoms with Crippen molar-refractivity contribution in [1.82, 2.24) is 5.32 Å². The van der Waals surface area contributed by atoms with Crippen molar-refractivity contribution >= 4 is 21.7 Å². The molecule has 0 aliphatic rings. The zero-order valence-corrected chi connectivity index (χ0v) is 11.5. The maximum Gasteiger partial charge on any atom is 0.328 e. The Kier molecular flexibility index (Phi) is 4.33. The van der Waals surface area contributed by atoms with Gasteiger partial charge in [0.05, 0.1) is 4.75 Å². The van der Waals surface area contributed by atoms with Gasteiger partial charge in [0.2, 0.25) is 5.91 Å². The van der Waals surface area contributed by atoms with Crippen LogP contribution in [0.15, 0.2) is 0 Å². The molecular weight excluding hydrogens is 246 g/mol. The maximum atomic E-state index is 11.7. The van der Waals surface area contributed by atoms with Crippen LogP contribution in [0.25, 0.3) is 0 Å². The number of aliphatic carboxylic acids is 1. The first-order valence-electron chi connectivity index (χ1n) is 5.06. The molecule has 0 aliphatic carbocycles. The van der Waals surface area contributed by atoms with Crippen LogP contribution >= 0.6 is 0 Å². The molecule has 6 nitrogen and oxygen atoms in total. The number of sulfone groups is 1. The topological polar surface area (TPSA) is 101 Å². The van der Waals surface area contributed by atoms with Crippen molar-refractivity contribution in [2.75, 3.05) is 5.75 Å². The second kappa shape index (κ2) is 4.64. The maximum absolute atomic E-state index is 11.7. The number of carbonyl (C=O) groups is 2. The number of hydrogen-bond acceptors (Lipinski definition) is 4. The van der Waals surface area contributed by atoms with Crippen molar-refractivity contribution in [2.24, 2.45) is 0 Å². The molecule has 17 heavy (non-hydrogen) atoms. The highest BCUT2D eigenvalue weighted by atomic mass is 32.2. The largest absolute Gasteiger partial charge is 0.480 e. The van der Waals surface area contributed by atoms with Crippen LogP contribution in [0, 0.1) is 0 Å². The van der Waals surface area contributed by atoms with E-state index < -0.39 is 37.8 Å². The summed E-state index contributed by atoms with van der Waals surface area (Å²) in [6.45, 7) is 7.03. The Hall–Kier alpha value is -1.11. The molecule has 0 spiro atoms. The fourth-order valence-corrected chi connectivity index (χ4v) is 1.68. The number of carboxylic acids is 1. The molecule has 2 N–H and O–H groups in total. The third-order valence-electron chi connectivity index (χ3n) is 2.24. The second-order valence-electron chi connectivity index (χ2n) is 5.35. The van der Waals surface area contributed by atoms with Crippen molar-refractivity contribution < 1.29 is 23.1 Å². The average Bonchev–Trinajstić information content (AvgIpc) is 1.98. The molecule has 100 valence electrons. The van der Waals surface area contributed by atoms with Crippen LogP contribution < -0.4 is 5.32 Å². The SMILES string of the molecule is CC(C)(NC(=O)CS(=O)(=O)C(C)(C)C)C(=O)O. The quantitative estimate of drug-likeness (QED) is 0.755. The average molecular weight is 265 g/mol. The van der Waals surface area contributed by atoms with E-state index in [-0.39, 0.29) is 0 Å². The zero-order valence-electron chi connectivity index (χ0n) is 10.7. The number of hydrogen-bond donors (Lipinski definition) is 2. The molecule has 0 saturated heterocycles. The predicted molar refractivity (Wildman–Crippen MR) is 63.4 cm³/mol. The molecule has 0 atom stereocenters. The molecular formula is C10H19NO5S. The lowest BCUT2D eigenvalue weighted by molar-refractivity contribution is -0.145. The molecule has 0 bridgehead atoms. The number of amides is 1. The van der Waals surface area contributed by atoms with Crippen molar-refractivity contribution in [3.05, 3.63) is 0 Å². The minimum Gasteiger partial charge on any atom is -0.480 e. The lowest BCUT2D eigenvalue weighted by atomic mass is 10.1. The summed E-state index contributed by atoms with van der Waals surface area (Å²) < 4.78 is 22.4. The van der Waals surface area contributed by atoms with Crippen molar-refractivity contribution in [3.8, 4) is 0 Å². The van der Waals surface area contributed by atoms with Crippen LogP contribution in [0.5, 0.6) is 0 Å². The lowest BCUT2D eigenvalue weighted by Gasteiger charge is -2.23. The molecule has 0 saturated carbocycles. The van der Waals surface area contributed by atoms with Gasteiger partial charge in [-0.3, -0.25) is 4.79 Å². The van der Waals surface area contributed by atoms with E-state index in [1.54, 1.807) is 0 Å². The summed E-state index contributed by atoms with van der Waals surface area (Å²) in [6.07, 6.45) is 0. The number of carboxylic acid groups (broad SMARTS) is 1. The summed E-state index contributed by atoms with van der Waals surface area (Å²) in [5.41, 5.74) is -1.48. The van der Waals surface area contributed by atoms with Crippen LogP contribution in [-0.2, 0) is 19.4 Å². The molecule has 0 aliphatic heterocycles. The van der Waals surface area contributed by atoms with Gasteiger partial charge in [-0.2, -0.15) is 0 Å². The molecule has 0 heterocycles. The van der Waals surface area contributed by atoms with Crippen molar-refractivity contribution in [2.45, 2.75) is 44.9 Å². The van der Waals surface area contributed by atoms with E-state index >= 15 is 0 Å². The summed E-state index contributed by atoms with van der Waals surface area (Å²) >= 11 is 0. The van der Waals surface area contributed by atoms with Gasteiger partial charge in [-0.05, 0) is 34.6 Å². The smallest absolute Gasteiger partial charge is 0.328 e. The van der Waals surface area contributed by atoms with E-state index in [2.05, 4.69) is 5.32 Å². The summed E-state index contributed by atoms with van der Waals surface area (Å²) in [7, 11) is -3.60. The van der Waals surface area contributed by atoms with Crippen LogP contribution in [-0.4, -0.2) is 41.4 Å². The van der Waals surface area contributed by atoms with Gasteiger partial charge in [-0.15, -0.1) is 0 Å². The Morgan fingerprint density at radius 1 is 1.12 bits per heavy atom. The van der Waals surface area contributed by atoms with Gasteiger partial charge < -0.3 is 10.4 Å². The van der Waals surface area contributed by atoms with E-state index in [9.17, 15) is 18.0 Å². The number of carbonyl (C=O) groups excluding carboxylic acids is 1. The third-order valence-corrected chi connectivity index (χ3v) is 4.75. The van der Waals surface area contributed by atoms with Gasteiger partial charge in [-0.25, -0.2) is 13.2 Å². The summed E-state index contributed by atoms with van der Waals surface area (Å²) in [6, 6.07) is 0. The van der Waals surface area contributed by atoms with Gasteiger partial charge in [0, 0.05) is 0 Å². The van der Waals surface area contributed by atoms with Crippen LogP contribution in [0.3, 0.4) is 0 Å². The van der Waals surface area contributed by atoms with E-state index in [0.717, 1.165) is 0 Å². The Bertz CT molecular complexity index is 416. The molecule has 0 rings (SSSR count). The van der Waals surface area contributed by atoms with Crippen molar-refractivity contribution in [1.29, 1.82) is 0 Å². The van der Waals surface area contributed by atoms with Gasteiger partial charge in [0.25, 0.3) is 0 Å². The summed E-state index contributed by atoms with van der Waals surface area (Å²) in [5, 5.41) is 11.0. The molecule has 0 aromatic heterocycles. The highest BCUT2D eigenvalue weighted by Crippen LogP contribution is 2.16. The van der Waals surface area contributed by atoms with Gasteiger partial charge in [-0.1, -0.05) is 0 Å². The monoisotopic (exact) mass is 265 g/mol. The molecule has 0 aromatic rings. The van der Waals surface area contributed by atoms with E-state index in [0.29, 0.717) is 0 Å². The first-order valence-corrected chi connectivity index (χ1v) is 6.71. The summed E-state index contributed by atoms with van der Waals surface area (Å²) in [4.78, 5) is 22.2. The minimum atomic E-state index is -3.60. The minimum absolute atomic E-state index is 0.715. The number of rotatable bonds is 4. The highest BCUT2D eigenvalue weighted by Gasteiger charge is 2.34. The first kappa shape index (κ1) is 15.9. The Balaban J connectivity index is 4.77. The Labute approximate surface area is 101 Å². The lowest BCUT2D eigenvalue weighted by Crippen LogP contribution is -2.52. The molecule has 0 radical (unpaired) electrons. The predicted octanol–water partition coefficient (Wildman–Crippen LogP) is 0.179. The standard InChI is InChI=1S/C10H19NO5S/c1-9(2,3)17(15,16)6-7(12)11-10(4,5)8(13)14/h6H2,1-5H3,(H,11,12)(H,13,14). The molecule has 0 aromatic carbocycles. The van der Waals surface area contributed by atoms with Gasteiger partial charge in [0.1, 0.15) is 11.3 Å². The highest BCUT2D eigenvalue weighted by molar-refractivity contribution is 7.93. The summed E-state index contributed by atoms with van der Waals surface area (Å²) in [5.74, 6) is -2.75. The van der Waals surface area contributed by atoms with E-state index in [4.69, 9.17) is 5.11 Å². The first-order chi connectivity index (χ1) is 7.29. The fraction of sp³-hybridized carbons (Fsp3) is 0.800. The van der Waals surface area contributed by atoms with E-state index in [1.807, 2.05) is 0 Å². The van der Waals surface area contributed by atoms with Crippen LogP contribution in [0.2, 0.25) is 0 Å². The van der Waals surface area contributed by atoms with Crippen LogP contribution in [0.1, 0.15) is 34.6 Å². The normalized spacial score (nSPS) is 13.2. The second-order valence-corrected chi connectivity index (χ2v) is 8.09. The molecule has 0 fully saturated rings. The third kappa shape index (κ3) is 4.33. The Morgan fingerprint density at radius 2 is 1.53 bits per heavy atom.